The number of anilines is 1. The van der Waals surface area contributed by atoms with Crippen molar-refractivity contribution in [3.8, 4) is 11.3 Å². The predicted molar refractivity (Wildman–Crippen MR) is 122 cm³/mol. The Labute approximate surface area is 204 Å². The second kappa shape index (κ2) is 8.88. The van der Waals surface area contributed by atoms with Crippen LogP contribution in [0.3, 0.4) is 0 Å². The van der Waals surface area contributed by atoms with Crippen LogP contribution in [0.4, 0.5) is 23.8 Å². The normalized spacial score (nSPS) is 21.1. The topological polar surface area (TPSA) is 116 Å². The van der Waals surface area contributed by atoms with Gasteiger partial charge in [-0.15, -0.1) is 0 Å². The molecule has 1 saturated heterocycles. The van der Waals surface area contributed by atoms with Crippen molar-refractivity contribution < 1.29 is 27.2 Å². The molecular formula is C23H24F3N7O3. The lowest BCUT2D eigenvalue weighted by molar-refractivity contribution is -0.138. The number of hydrogen-bond donors (Lipinski definition) is 3. The smallest absolute Gasteiger partial charge is 0.405 e. The monoisotopic (exact) mass is 503 g/mol. The van der Waals surface area contributed by atoms with Crippen LogP contribution in [0.15, 0.2) is 52.1 Å². The van der Waals surface area contributed by atoms with Crippen LogP contribution >= 0.6 is 0 Å². The van der Waals surface area contributed by atoms with Crippen LogP contribution in [0.5, 0.6) is 0 Å². The van der Waals surface area contributed by atoms with Crippen molar-refractivity contribution in [3.05, 3.63) is 53.6 Å². The van der Waals surface area contributed by atoms with Gasteiger partial charge in [-0.1, -0.05) is 0 Å². The van der Waals surface area contributed by atoms with E-state index in [0.717, 1.165) is 5.70 Å². The minimum atomic E-state index is -4.53. The van der Waals surface area contributed by atoms with Gasteiger partial charge in [-0.05, 0) is 37.1 Å². The van der Waals surface area contributed by atoms with Gasteiger partial charge >= 0.3 is 12.2 Å². The molecule has 0 aromatic carbocycles. The van der Waals surface area contributed by atoms with Crippen molar-refractivity contribution in [3.63, 3.8) is 0 Å². The first-order chi connectivity index (χ1) is 17.1. The maximum atomic E-state index is 13.5. The average Bonchev–Trinajstić information content (AvgIpc) is 3.43. The second-order valence-electron chi connectivity index (χ2n) is 8.86. The van der Waals surface area contributed by atoms with E-state index < -0.39 is 30.7 Å². The van der Waals surface area contributed by atoms with Crippen LogP contribution in [0, 0.1) is 6.92 Å². The first-order valence-corrected chi connectivity index (χ1v) is 11.4. The molecule has 5 rings (SSSR count). The van der Waals surface area contributed by atoms with Gasteiger partial charge in [-0.25, -0.2) is 14.8 Å². The molecule has 10 nitrogen and oxygen atoms in total. The SMILES string of the molecule is CC1=CC(C(=O)NCC(F)(F)F)NC2=C1N1CC[C@@H](C1)N2C(=O)Nc1cc(-c2cnc(C)o2)ccn1. The van der Waals surface area contributed by atoms with Crippen LogP contribution in [-0.4, -0.2) is 69.6 Å². The van der Waals surface area contributed by atoms with Crippen LogP contribution < -0.4 is 16.0 Å². The van der Waals surface area contributed by atoms with Crippen molar-refractivity contribution in [2.75, 3.05) is 25.0 Å². The van der Waals surface area contributed by atoms with E-state index in [-0.39, 0.29) is 11.9 Å². The Kier molecular flexibility index (Phi) is 5.85. The van der Waals surface area contributed by atoms with Crippen LogP contribution in [0.1, 0.15) is 19.2 Å². The third-order valence-electron chi connectivity index (χ3n) is 6.26. The summed E-state index contributed by atoms with van der Waals surface area (Å²) in [5, 5.41) is 7.69. The Morgan fingerprint density at radius 3 is 2.81 bits per heavy atom. The van der Waals surface area contributed by atoms with Crippen LogP contribution in [-0.2, 0) is 4.79 Å². The van der Waals surface area contributed by atoms with Gasteiger partial charge in [0.1, 0.15) is 24.2 Å². The predicted octanol–water partition coefficient (Wildman–Crippen LogP) is 2.73. The molecule has 1 unspecified atom stereocenters. The van der Waals surface area contributed by atoms with Gasteiger partial charge in [0.05, 0.1) is 17.9 Å². The first-order valence-electron chi connectivity index (χ1n) is 11.4. The maximum Gasteiger partial charge on any atom is 0.405 e. The quantitative estimate of drug-likeness (QED) is 0.588. The number of halogens is 3. The van der Waals surface area contributed by atoms with Gasteiger partial charge in [0, 0.05) is 31.8 Å². The molecule has 36 heavy (non-hydrogen) atoms. The van der Waals surface area contributed by atoms with Crippen molar-refractivity contribution in [1.29, 1.82) is 0 Å². The van der Waals surface area contributed by atoms with Crippen molar-refractivity contribution in [2.45, 2.75) is 38.5 Å². The number of dihydropyridines is 1. The van der Waals surface area contributed by atoms with Crippen LogP contribution in [0.2, 0.25) is 0 Å². The molecule has 5 heterocycles. The number of alkyl halides is 3. The van der Waals surface area contributed by atoms with Crippen molar-refractivity contribution >= 4 is 17.8 Å². The number of fused-ring (bicyclic) bond motifs is 3. The Bertz CT molecular complexity index is 1270. The number of allylic oxidation sites excluding steroid dienone is 1. The number of rotatable bonds is 4. The fraction of sp³-hybridized carbons (Fsp3) is 0.391. The molecule has 2 aromatic rings. The summed E-state index contributed by atoms with van der Waals surface area (Å²) >= 11 is 0. The lowest BCUT2D eigenvalue weighted by Crippen LogP contribution is -2.56. The first kappa shape index (κ1) is 23.7. The number of urea groups is 1. The molecule has 2 bridgehead atoms. The minimum Gasteiger partial charge on any atom is -0.441 e. The number of aromatic nitrogens is 2. The molecule has 2 atom stereocenters. The van der Waals surface area contributed by atoms with Crippen LogP contribution in [0.25, 0.3) is 11.3 Å². The Hall–Kier alpha value is -4.03. The Balaban J connectivity index is 1.38. The highest BCUT2D eigenvalue weighted by Gasteiger charge is 2.44. The van der Waals surface area contributed by atoms with Gasteiger partial charge < -0.3 is 20.0 Å². The summed E-state index contributed by atoms with van der Waals surface area (Å²) in [7, 11) is 0. The lowest BCUT2D eigenvalue weighted by Gasteiger charge is -2.42. The zero-order valence-electron chi connectivity index (χ0n) is 19.5. The molecule has 0 saturated carbocycles. The van der Waals surface area contributed by atoms with Gasteiger partial charge in [0.15, 0.2) is 11.7 Å². The van der Waals surface area contributed by atoms with E-state index in [1.165, 1.54) is 11.1 Å². The number of hydrogen-bond acceptors (Lipinski definition) is 7. The zero-order chi connectivity index (χ0) is 25.6. The van der Waals surface area contributed by atoms with E-state index in [4.69, 9.17) is 4.42 Å². The molecule has 3 N–H and O–H groups in total. The number of nitrogens with zero attached hydrogens (tertiary/aromatic N) is 4. The molecule has 190 valence electrons. The Morgan fingerprint density at radius 1 is 1.28 bits per heavy atom. The van der Waals surface area contributed by atoms with E-state index >= 15 is 0 Å². The largest absolute Gasteiger partial charge is 0.441 e. The van der Waals surface area contributed by atoms with Crippen molar-refractivity contribution in [2.24, 2.45) is 0 Å². The van der Waals surface area contributed by atoms with Gasteiger partial charge in [-0.3, -0.25) is 15.0 Å². The number of oxazole rings is 1. The molecule has 13 heteroatoms. The van der Waals surface area contributed by atoms with E-state index in [1.54, 1.807) is 38.3 Å². The Morgan fingerprint density at radius 2 is 2.08 bits per heavy atom. The number of amides is 3. The second-order valence-corrected chi connectivity index (χ2v) is 8.86. The molecule has 3 aliphatic rings. The van der Waals surface area contributed by atoms with E-state index in [1.807, 2.05) is 5.32 Å². The lowest BCUT2D eigenvalue weighted by atomic mass is 10.0. The van der Waals surface area contributed by atoms with E-state index in [9.17, 15) is 22.8 Å². The summed E-state index contributed by atoms with van der Waals surface area (Å²) in [6.45, 7) is 3.39. The van der Waals surface area contributed by atoms with Gasteiger partial charge in [-0.2, -0.15) is 13.2 Å². The number of carbonyl (C=O) groups is 2. The van der Waals surface area contributed by atoms with Gasteiger partial charge in [0.25, 0.3) is 0 Å². The molecule has 3 amide bonds. The van der Waals surface area contributed by atoms with E-state index in [2.05, 4.69) is 25.5 Å². The zero-order valence-corrected chi connectivity index (χ0v) is 19.5. The molecule has 2 aromatic heterocycles. The summed E-state index contributed by atoms with van der Waals surface area (Å²) in [5.41, 5.74) is 2.13. The highest BCUT2D eigenvalue weighted by molar-refractivity contribution is 5.91. The number of carbonyl (C=O) groups excluding carboxylic acids is 2. The molecule has 3 aliphatic heterocycles. The number of nitrogens with one attached hydrogen (secondary N) is 3. The summed E-state index contributed by atoms with van der Waals surface area (Å²) in [5.74, 6) is 0.879. The molecular weight excluding hydrogens is 479 g/mol. The summed E-state index contributed by atoms with van der Waals surface area (Å²) in [4.78, 5) is 37.9. The highest BCUT2D eigenvalue weighted by atomic mass is 19.4. The maximum absolute atomic E-state index is 13.5. The molecule has 0 spiro atoms. The average molecular weight is 503 g/mol. The standard InChI is InChI=1S/C23H24F3N7O3/c1-12-7-16(21(34)29-11-23(24,25)26)30-20-19(12)32-6-4-15(10-32)33(20)22(35)31-18-8-14(3-5-27-18)17-9-28-13(2)36-17/h3,5,7-9,15-16,30H,4,6,10-11H2,1-2H3,(H,29,34)(H,27,31,35)/t15-,16?/m0/s1. The summed E-state index contributed by atoms with van der Waals surface area (Å²) < 4.78 is 43.4. The fourth-order valence-corrected chi connectivity index (χ4v) is 4.72. The summed E-state index contributed by atoms with van der Waals surface area (Å²) in [6, 6.07) is 1.68. The van der Waals surface area contributed by atoms with Crippen molar-refractivity contribution in [1.82, 2.24) is 30.4 Å². The van der Waals surface area contributed by atoms with E-state index in [0.29, 0.717) is 48.1 Å². The van der Waals surface area contributed by atoms with Gasteiger partial charge in [0.2, 0.25) is 5.91 Å². The highest BCUT2D eigenvalue weighted by Crippen LogP contribution is 2.36. The fourth-order valence-electron chi connectivity index (χ4n) is 4.72. The third-order valence-corrected chi connectivity index (χ3v) is 6.26. The molecule has 0 aliphatic carbocycles. The molecule has 1 fully saturated rings. The number of aryl methyl sites for hydroxylation is 1. The third kappa shape index (κ3) is 4.60. The number of pyridine rings is 1. The minimum absolute atomic E-state index is 0.179. The summed E-state index contributed by atoms with van der Waals surface area (Å²) in [6.07, 6.45) is 0.861. The molecule has 0 radical (unpaired) electrons.